The highest BCUT2D eigenvalue weighted by Crippen LogP contribution is 2.07. The summed E-state index contributed by atoms with van der Waals surface area (Å²) in [5, 5.41) is 11.7. The predicted octanol–water partition coefficient (Wildman–Crippen LogP) is 2.22. The van der Waals surface area contributed by atoms with E-state index in [4.69, 9.17) is 14.6 Å². The summed E-state index contributed by atoms with van der Waals surface area (Å²) in [7, 11) is 0. The summed E-state index contributed by atoms with van der Waals surface area (Å²) >= 11 is 0. The van der Waals surface area contributed by atoms with Gasteiger partial charge in [0.1, 0.15) is 5.60 Å². The predicted molar refractivity (Wildman–Crippen MR) is 81.8 cm³/mol. The fraction of sp³-hybridized carbons (Fsp3) is 0.500. The van der Waals surface area contributed by atoms with E-state index in [0.29, 0.717) is 0 Å². The highest BCUT2D eigenvalue weighted by molar-refractivity contribution is 5.72. The van der Waals surface area contributed by atoms with Gasteiger partial charge in [-0.05, 0) is 26.3 Å². The molecule has 1 aromatic rings. The van der Waals surface area contributed by atoms with Crippen molar-refractivity contribution in [1.82, 2.24) is 5.32 Å². The van der Waals surface area contributed by atoms with Gasteiger partial charge in [-0.15, -0.1) is 0 Å². The van der Waals surface area contributed by atoms with Gasteiger partial charge in [0, 0.05) is 13.0 Å². The lowest BCUT2D eigenvalue weighted by atomic mass is 10.1. The van der Waals surface area contributed by atoms with Gasteiger partial charge in [-0.2, -0.15) is 0 Å². The molecular formula is C16H23NO5. The van der Waals surface area contributed by atoms with Crippen molar-refractivity contribution in [2.24, 2.45) is 0 Å². The van der Waals surface area contributed by atoms with Crippen molar-refractivity contribution >= 4 is 12.1 Å². The second-order valence-corrected chi connectivity index (χ2v) is 5.82. The molecule has 0 aliphatic carbocycles. The first kappa shape index (κ1) is 18.0. The topological polar surface area (TPSA) is 84.9 Å². The van der Waals surface area contributed by atoms with E-state index in [9.17, 15) is 9.59 Å². The molecule has 0 spiro atoms. The highest BCUT2D eigenvalue weighted by atomic mass is 16.6. The maximum absolute atomic E-state index is 11.4. The van der Waals surface area contributed by atoms with Gasteiger partial charge in [0.05, 0.1) is 6.61 Å². The number of benzene rings is 1. The Hall–Kier alpha value is -2.08. The van der Waals surface area contributed by atoms with E-state index in [1.54, 1.807) is 20.8 Å². The molecule has 0 saturated carbocycles. The summed E-state index contributed by atoms with van der Waals surface area (Å²) in [4.78, 5) is 22.6. The van der Waals surface area contributed by atoms with Gasteiger partial charge >= 0.3 is 12.1 Å². The van der Waals surface area contributed by atoms with Crippen molar-refractivity contribution in [1.29, 1.82) is 0 Å². The molecule has 0 bridgehead atoms. The minimum absolute atomic E-state index is 0.100. The fourth-order valence-electron chi connectivity index (χ4n) is 1.71. The second-order valence-electron chi connectivity index (χ2n) is 5.82. The minimum Gasteiger partial charge on any atom is -0.479 e. The maximum atomic E-state index is 11.4. The average molecular weight is 309 g/mol. The molecule has 1 unspecified atom stereocenters. The lowest BCUT2D eigenvalue weighted by Gasteiger charge is -2.20. The van der Waals surface area contributed by atoms with Crippen molar-refractivity contribution in [3.8, 4) is 0 Å². The van der Waals surface area contributed by atoms with Crippen LogP contribution in [-0.4, -0.2) is 42.0 Å². The normalized spacial score (nSPS) is 12.5. The number of rotatable bonds is 7. The third kappa shape index (κ3) is 7.64. The van der Waals surface area contributed by atoms with E-state index in [1.165, 1.54) is 0 Å². The van der Waals surface area contributed by atoms with Gasteiger partial charge in [-0.3, -0.25) is 0 Å². The molecular weight excluding hydrogens is 286 g/mol. The van der Waals surface area contributed by atoms with Gasteiger partial charge < -0.3 is 19.9 Å². The van der Waals surface area contributed by atoms with E-state index >= 15 is 0 Å². The maximum Gasteiger partial charge on any atom is 0.407 e. The number of nitrogens with one attached hydrogen (secondary N) is 1. The molecule has 0 aliphatic rings. The van der Waals surface area contributed by atoms with Crippen LogP contribution in [0.4, 0.5) is 4.79 Å². The molecule has 122 valence electrons. The Balaban J connectivity index is 2.34. The van der Waals surface area contributed by atoms with Crippen LogP contribution in [0.3, 0.4) is 0 Å². The molecule has 1 amide bonds. The zero-order chi connectivity index (χ0) is 16.6. The molecule has 1 rings (SSSR count). The molecule has 0 aromatic heterocycles. The molecule has 1 aromatic carbocycles. The first-order valence-corrected chi connectivity index (χ1v) is 7.13. The molecule has 0 saturated heterocycles. The number of carboxylic acids is 1. The third-order valence-corrected chi connectivity index (χ3v) is 2.63. The number of hydrogen-bond acceptors (Lipinski definition) is 4. The van der Waals surface area contributed by atoms with Gasteiger partial charge in [-0.1, -0.05) is 30.3 Å². The number of alkyl carbamates (subject to hydrolysis) is 1. The first-order valence-electron chi connectivity index (χ1n) is 7.13. The number of hydrogen-bond donors (Lipinski definition) is 2. The highest BCUT2D eigenvalue weighted by Gasteiger charge is 2.19. The van der Waals surface area contributed by atoms with Gasteiger partial charge in [0.25, 0.3) is 0 Å². The molecule has 0 aliphatic heterocycles. The summed E-state index contributed by atoms with van der Waals surface area (Å²) in [5.74, 6) is -1.03. The average Bonchev–Trinajstić information content (AvgIpc) is 2.41. The summed E-state index contributed by atoms with van der Waals surface area (Å²) in [6.07, 6.45) is -1.21. The summed E-state index contributed by atoms with van der Waals surface area (Å²) in [6.45, 7) is 5.59. The van der Waals surface area contributed by atoms with Crippen LogP contribution in [0.5, 0.6) is 0 Å². The van der Waals surface area contributed by atoms with Crippen molar-refractivity contribution in [2.45, 2.75) is 38.9 Å². The number of carbonyl (C=O) groups is 2. The zero-order valence-corrected chi connectivity index (χ0v) is 13.2. The Morgan fingerprint density at radius 2 is 1.86 bits per heavy atom. The third-order valence-electron chi connectivity index (χ3n) is 2.63. The van der Waals surface area contributed by atoms with Crippen LogP contribution in [0.1, 0.15) is 26.3 Å². The van der Waals surface area contributed by atoms with E-state index in [2.05, 4.69) is 5.32 Å². The van der Waals surface area contributed by atoms with Crippen LogP contribution >= 0.6 is 0 Å². The molecule has 0 fully saturated rings. The van der Waals surface area contributed by atoms with Crippen LogP contribution in [0.25, 0.3) is 0 Å². The van der Waals surface area contributed by atoms with E-state index in [1.807, 2.05) is 30.3 Å². The smallest absolute Gasteiger partial charge is 0.407 e. The van der Waals surface area contributed by atoms with E-state index in [0.717, 1.165) is 5.56 Å². The Bertz CT molecular complexity index is 481. The van der Waals surface area contributed by atoms with Crippen LogP contribution < -0.4 is 5.32 Å². The van der Waals surface area contributed by atoms with Crippen LogP contribution in [-0.2, 0) is 20.7 Å². The molecule has 2 N–H and O–H groups in total. The Kier molecular flexibility index (Phi) is 6.85. The minimum atomic E-state index is -1.03. The quantitative estimate of drug-likeness (QED) is 0.754. The molecule has 1 atom stereocenters. The molecule has 6 nitrogen and oxygen atoms in total. The fourth-order valence-corrected chi connectivity index (χ4v) is 1.71. The first-order chi connectivity index (χ1) is 10.3. The van der Waals surface area contributed by atoms with Crippen molar-refractivity contribution in [3.63, 3.8) is 0 Å². The van der Waals surface area contributed by atoms with Crippen molar-refractivity contribution in [2.75, 3.05) is 13.2 Å². The number of carbonyl (C=O) groups excluding carboxylic acids is 1. The van der Waals surface area contributed by atoms with Crippen LogP contribution in [0.2, 0.25) is 0 Å². The number of carboxylic acid groups (broad SMARTS) is 1. The van der Waals surface area contributed by atoms with Gasteiger partial charge in [0.15, 0.2) is 6.10 Å². The number of ether oxygens (including phenoxy) is 2. The molecule has 0 radical (unpaired) electrons. The second kappa shape index (κ2) is 8.38. The zero-order valence-electron chi connectivity index (χ0n) is 13.2. The van der Waals surface area contributed by atoms with Gasteiger partial charge in [-0.25, -0.2) is 9.59 Å². The molecule has 6 heteroatoms. The summed E-state index contributed by atoms with van der Waals surface area (Å²) < 4.78 is 10.4. The number of amides is 1. The lowest BCUT2D eigenvalue weighted by Crippen LogP contribution is -2.36. The standard InChI is InChI=1S/C16H23NO5/c1-16(2,3)22-15(20)17-9-10-21-13(14(18)19)11-12-7-5-4-6-8-12/h4-8,13H,9-11H2,1-3H3,(H,17,20)(H,18,19). The van der Waals surface area contributed by atoms with E-state index < -0.39 is 23.8 Å². The molecule has 0 heterocycles. The van der Waals surface area contributed by atoms with Crippen molar-refractivity contribution < 1.29 is 24.2 Å². The Morgan fingerprint density at radius 1 is 1.23 bits per heavy atom. The Morgan fingerprint density at radius 3 is 2.41 bits per heavy atom. The van der Waals surface area contributed by atoms with Gasteiger partial charge in [0.2, 0.25) is 0 Å². The van der Waals surface area contributed by atoms with Crippen LogP contribution in [0, 0.1) is 0 Å². The summed E-state index contributed by atoms with van der Waals surface area (Å²) in [5.41, 5.74) is 0.317. The number of aliphatic carboxylic acids is 1. The lowest BCUT2D eigenvalue weighted by molar-refractivity contribution is -0.150. The Labute approximate surface area is 130 Å². The van der Waals surface area contributed by atoms with Crippen LogP contribution in [0.15, 0.2) is 30.3 Å². The summed E-state index contributed by atoms with van der Waals surface area (Å²) in [6, 6.07) is 9.25. The van der Waals surface area contributed by atoms with Crippen molar-refractivity contribution in [3.05, 3.63) is 35.9 Å². The molecule has 22 heavy (non-hydrogen) atoms. The SMILES string of the molecule is CC(C)(C)OC(=O)NCCOC(Cc1ccccc1)C(=O)O. The largest absolute Gasteiger partial charge is 0.479 e. The van der Waals surface area contributed by atoms with E-state index in [-0.39, 0.29) is 19.6 Å². The monoisotopic (exact) mass is 309 g/mol.